The number of benzene rings is 2. The molecule has 112 valence electrons. The second-order valence-corrected chi connectivity index (χ2v) is 4.51. The molecule has 0 amide bonds. The molecule has 1 atom stereocenters. The van der Waals surface area contributed by atoms with Gasteiger partial charge in [-0.2, -0.15) is 0 Å². The third-order valence-corrected chi connectivity index (χ3v) is 2.90. The summed E-state index contributed by atoms with van der Waals surface area (Å²) in [4.78, 5) is 0. The summed E-state index contributed by atoms with van der Waals surface area (Å²) < 4.78 is 16.8. The summed E-state index contributed by atoms with van der Waals surface area (Å²) in [6, 6.07) is 17.2. The van der Waals surface area contributed by atoms with E-state index in [1.807, 2.05) is 61.5 Å². The van der Waals surface area contributed by atoms with Crippen LogP contribution in [0, 0.1) is 0 Å². The molecule has 2 rings (SSSR count). The van der Waals surface area contributed by atoms with Crippen LogP contribution in [0.3, 0.4) is 0 Å². The summed E-state index contributed by atoms with van der Waals surface area (Å²) in [6.45, 7) is 3.47. The predicted octanol–water partition coefficient (Wildman–Crippen LogP) is 3.22. The van der Waals surface area contributed by atoms with Crippen molar-refractivity contribution in [2.24, 2.45) is 5.73 Å². The summed E-state index contributed by atoms with van der Waals surface area (Å²) in [5, 5.41) is 0. The molecule has 0 radical (unpaired) electrons. The van der Waals surface area contributed by atoms with Gasteiger partial charge in [-0.3, -0.25) is 0 Å². The van der Waals surface area contributed by atoms with E-state index in [9.17, 15) is 0 Å². The maximum atomic E-state index is 5.72. The van der Waals surface area contributed by atoms with Crippen molar-refractivity contribution in [1.29, 1.82) is 0 Å². The van der Waals surface area contributed by atoms with Crippen molar-refractivity contribution in [3.05, 3.63) is 54.6 Å². The van der Waals surface area contributed by atoms with Crippen LogP contribution in [-0.4, -0.2) is 25.9 Å². The highest BCUT2D eigenvalue weighted by atomic mass is 16.5. The maximum Gasteiger partial charge on any atom is 0.127 e. The van der Waals surface area contributed by atoms with Gasteiger partial charge in [-0.15, -0.1) is 0 Å². The van der Waals surface area contributed by atoms with E-state index in [1.54, 1.807) is 0 Å². The van der Waals surface area contributed by atoms with Gasteiger partial charge in [-0.25, -0.2) is 0 Å². The lowest BCUT2D eigenvalue weighted by atomic mass is 10.3. The van der Waals surface area contributed by atoms with Gasteiger partial charge < -0.3 is 19.9 Å². The molecule has 2 aromatic rings. The van der Waals surface area contributed by atoms with Crippen molar-refractivity contribution >= 4 is 0 Å². The first-order valence-electron chi connectivity index (χ1n) is 7.09. The third-order valence-electron chi connectivity index (χ3n) is 2.90. The Hall–Kier alpha value is -2.04. The Morgan fingerprint density at radius 3 is 2.14 bits per heavy atom. The lowest BCUT2D eigenvalue weighted by molar-refractivity contribution is 0.0337. The second-order valence-electron chi connectivity index (χ2n) is 4.51. The highest BCUT2D eigenvalue weighted by molar-refractivity contribution is 5.35. The van der Waals surface area contributed by atoms with E-state index in [0.29, 0.717) is 19.8 Å². The van der Waals surface area contributed by atoms with Crippen LogP contribution >= 0.6 is 0 Å². The molecule has 0 aliphatic carbocycles. The Balaban J connectivity index is 1.87. The Morgan fingerprint density at radius 1 is 0.905 bits per heavy atom. The molecule has 4 nitrogen and oxygen atoms in total. The molecule has 4 heteroatoms. The summed E-state index contributed by atoms with van der Waals surface area (Å²) >= 11 is 0. The Morgan fingerprint density at radius 2 is 1.52 bits per heavy atom. The molecule has 0 aromatic heterocycles. The van der Waals surface area contributed by atoms with E-state index in [2.05, 4.69) is 0 Å². The average Bonchev–Trinajstić information content (AvgIpc) is 2.54. The number of hydrogen-bond donors (Lipinski definition) is 1. The standard InChI is InChI=1S/C17H21NO3/c1-2-19-17(12-18)13-20-14-8-10-16(11-9-14)21-15-6-4-3-5-7-15/h3-11,17H,2,12-13,18H2,1H3. The van der Waals surface area contributed by atoms with Gasteiger partial charge in [-0.05, 0) is 43.3 Å². The normalized spacial score (nSPS) is 11.9. The first kappa shape index (κ1) is 15.4. The van der Waals surface area contributed by atoms with E-state index in [0.717, 1.165) is 17.2 Å². The first-order valence-corrected chi connectivity index (χ1v) is 7.09. The minimum Gasteiger partial charge on any atom is -0.491 e. The summed E-state index contributed by atoms with van der Waals surface area (Å²) in [6.07, 6.45) is -0.0738. The Bertz CT molecular complexity index is 513. The second kappa shape index (κ2) is 8.29. The van der Waals surface area contributed by atoms with Crippen LogP contribution in [0.4, 0.5) is 0 Å². The van der Waals surface area contributed by atoms with Crippen molar-refractivity contribution in [3.63, 3.8) is 0 Å². The summed E-state index contributed by atoms with van der Waals surface area (Å²) in [5.41, 5.74) is 5.61. The monoisotopic (exact) mass is 287 g/mol. The van der Waals surface area contributed by atoms with E-state index in [4.69, 9.17) is 19.9 Å². The molecule has 0 spiro atoms. The molecule has 0 aliphatic heterocycles. The predicted molar refractivity (Wildman–Crippen MR) is 82.9 cm³/mol. The smallest absolute Gasteiger partial charge is 0.127 e. The number of ether oxygens (including phenoxy) is 3. The van der Waals surface area contributed by atoms with E-state index in [-0.39, 0.29) is 6.10 Å². The van der Waals surface area contributed by atoms with Gasteiger partial charge in [-0.1, -0.05) is 18.2 Å². The molecule has 0 saturated carbocycles. The minimum absolute atomic E-state index is 0.0738. The Kier molecular flexibility index (Phi) is 6.06. The summed E-state index contributed by atoms with van der Waals surface area (Å²) in [5.74, 6) is 2.35. The Labute approximate surface area is 125 Å². The zero-order valence-electron chi connectivity index (χ0n) is 12.2. The highest BCUT2D eigenvalue weighted by Crippen LogP contribution is 2.23. The SMILES string of the molecule is CCOC(CN)COc1ccc(Oc2ccccc2)cc1. The summed E-state index contributed by atoms with van der Waals surface area (Å²) in [7, 11) is 0. The fourth-order valence-corrected chi connectivity index (χ4v) is 1.84. The average molecular weight is 287 g/mol. The third kappa shape index (κ3) is 5.10. The molecule has 0 bridgehead atoms. The van der Waals surface area contributed by atoms with Gasteiger partial charge in [0.15, 0.2) is 0 Å². The first-order chi connectivity index (χ1) is 10.3. The molecule has 21 heavy (non-hydrogen) atoms. The van der Waals surface area contributed by atoms with Crippen molar-refractivity contribution in [3.8, 4) is 17.2 Å². The van der Waals surface area contributed by atoms with E-state index < -0.39 is 0 Å². The number of rotatable bonds is 8. The van der Waals surface area contributed by atoms with Gasteiger partial charge >= 0.3 is 0 Å². The number of nitrogens with two attached hydrogens (primary N) is 1. The quantitative estimate of drug-likeness (QED) is 0.810. The highest BCUT2D eigenvalue weighted by Gasteiger charge is 2.07. The molecule has 0 heterocycles. The fraction of sp³-hybridized carbons (Fsp3) is 0.294. The van der Waals surface area contributed by atoms with Crippen molar-refractivity contribution in [2.45, 2.75) is 13.0 Å². The van der Waals surface area contributed by atoms with Crippen molar-refractivity contribution in [1.82, 2.24) is 0 Å². The molecule has 0 fully saturated rings. The zero-order valence-corrected chi connectivity index (χ0v) is 12.2. The maximum absolute atomic E-state index is 5.72. The van der Waals surface area contributed by atoms with Crippen LogP contribution in [-0.2, 0) is 4.74 Å². The van der Waals surface area contributed by atoms with Gasteiger partial charge in [0.25, 0.3) is 0 Å². The van der Waals surface area contributed by atoms with Gasteiger partial charge in [0.05, 0.1) is 0 Å². The zero-order chi connectivity index (χ0) is 14.9. The molecule has 0 aliphatic rings. The van der Waals surface area contributed by atoms with Crippen LogP contribution in [0.1, 0.15) is 6.92 Å². The minimum atomic E-state index is -0.0738. The molecule has 2 aromatic carbocycles. The van der Waals surface area contributed by atoms with Crippen LogP contribution in [0.5, 0.6) is 17.2 Å². The van der Waals surface area contributed by atoms with E-state index in [1.165, 1.54) is 0 Å². The van der Waals surface area contributed by atoms with Crippen LogP contribution in [0.2, 0.25) is 0 Å². The van der Waals surface area contributed by atoms with Gasteiger partial charge in [0.1, 0.15) is 30.0 Å². The number of hydrogen-bond acceptors (Lipinski definition) is 4. The lowest BCUT2D eigenvalue weighted by Gasteiger charge is -2.15. The van der Waals surface area contributed by atoms with Crippen LogP contribution in [0.15, 0.2) is 54.6 Å². The molecule has 2 N–H and O–H groups in total. The largest absolute Gasteiger partial charge is 0.491 e. The molecular formula is C17H21NO3. The van der Waals surface area contributed by atoms with Crippen molar-refractivity contribution < 1.29 is 14.2 Å². The fourth-order valence-electron chi connectivity index (χ4n) is 1.84. The van der Waals surface area contributed by atoms with Crippen LogP contribution in [0.25, 0.3) is 0 Å². The van der Waals surface area contributed by atoms with E-state index >= 15 is 0 Å². The molecule has 1 unspecified atom stereocenters. The topological polar surface area (TPSA) is 53.7 Å². The number of para-hydroxylation sites is 1. The van der Waals surface area contributed by atoms with Crippen molar-refractivity contribution in [2.75, 3.05) is 19.8 Å². The van der Waals surface area contributed by atoms with Gasteiger partial charge in [0.2, 0.25) is 0 Å². The lowest BCUT2D eigenvalue weighted by Crippen LogP contribution is -2.30. The van der Waals surface area contributed by atoms with Crippen LogP contribution < -0.4 is 15.2 Å². The molecular weight excluding hydrogens is 266 g/mol. The molecule has 0 saturated heterocycles. The van der Waals surface area contributed by atoms with Gasteiger partial charge in [0, 0.05) is 13.2 Å².